The molecule has 1 amide bonds. The molecule has 0 heterocycles. The van der Waals surface area contributed by atoms with E-state index in [4.69, 9.17) is 0 Å². The normalized spacial score (nSPS) is 50.5. The third kappa shape index (κ3) is 2.99. The van der Waals surface area contributed by atoms with Crippen molar-refractivity contribution in [2.75, 3.05) is 13.1 Å². The molecule has 2 nitrogen and oxygen atoms in total. The Labute approximate surface area is 172 Å². The van der Waals surface area contributed by atoms with Gasteiger partial charge >= 0.3 is 0 Å². The Hall–Kier alpha value is -0.530. The maximum Gasteiger partial charge on any atom is 0.225 e. The second-order valence-corrected chi connectivity index (χ2v) is 13.2. The largest absolute Gasteiger partial charge is 0.341 e. The summed E-state index contributed by atoms with van der Waals surface area (Å²) in [5.41, 5.74) is 0.975. The molecule has 156 valence electrons. The van der Waals surface area contributed by atoms with Gasteiger partial charge in [-0.25, -0.2) is 0 Å². The van der Waals surface area contributed by atoms with Crippen LogP contribution in [0.1, 0.15) is 90.9 Å². The minimum atomic E-state index is 0.155. The van der Waals surface area contributed by atoms with Gasteiger partial charge in [-0.2, -0.15) is 0 Å². The van der Waals surface area contributed by atoms with Gasteiger partial charge in [0.25, 0.3) is 0 Å². The minimum Gasteiger partial charge on any atom is -0.341 e. The molecule has 0 aromatic carbocycles. The first-order valence-electron chi connectivity index (χ1n) is 12.7. The molecule has 0 atom stereocenters. The first-order chi connectivity index (χ1) is 13.4. The molecule has 0 aromatic rings. The van der Waals surface area contributed by atoms with E-state index in [0.717, 1.165) is 48.6 Å². The summed E-state index contributed by atoms with van der Waals surface area (Å²) in [5.74, 6) is 6.55. The van der Waals surface area contributed by atoms with Gasteiger partial charge in [-0.1, -0.05) is 13.8 Å². The van der Waals surface area contributed by atoms with Crippen molar-refractivity contribution in [3.8, 4) is 0 Å². The van der Waals surface area contributed by atoms with Crippen LogP contribution in [0.5, 0.6) is 0 Å². The second kappa shape index (κ2) is 6.24. The first kappa shape index (κ1) is 18.3. The van der Waals surface area contributed by atoms with Gasteiger partial charge in [0.15, 0.2) is 0 Å². The van der Waals surface area contributed by atoms with Crippen molar-refractivity contribution in [2.45, 2.75) is 90.9 Å². The maximum atomic E-state index is 13.4. The zero-order valence-electron chi connectivity index (χ0n) is 18.3. The highest BCUT2D eigenvalue weighted by atomic mass is 16.2. The molecule has 8 aliphatic carbocycles. The van der Waals surface area contributed by atoms with E-state index in [2.05, 4.69) is 18.7 Å². The lowest BCUT2D eigenvalue weighted by atomic mass is 9.48. The molecule has 0 N–H and O–H groups in total. The van der Waals surface area contributed by atoms with E-state index in [1.807, 2.05) is 0 Å². The third-order valence-corrected chi connectivity index (χ3v) is 10.2. The SMILES string of the molecule is CC(C)C(=O)N(CC12CC3CC(CC(C3)C1)C2)CC12CC3CC(CC(C3)C1)C2. The molecule has 8 rings (SSSR count). The van der Waals surface area contributed by atoms with Gasteiger partial charge in [-0.15, -0.1) is 0 Å². The van der Waals surface area contributed by atoms with Crippen molar-refractivity contribution in [3.63, 3.8) is 0 Å². The molecule has 2 heteroatoms. The molecule has 0 spiro atoms. The zero-order chi connectivity index (χ0) is 19.1. The van der Waals surface area contributed by atoms with E-state index >= 15 is 0 Å². The quantitative estimate of drug-likeness (QED) is 0.578. The molecular formula is C26H41NO. The van der Waals surface area contributed by atoms with Crippen molar-refractivity contribution in [3.05, 3.63) is 0 Å². The number of rotatable bonds is 5. The van der Waals surface area contributed by atoms with Crippen LogP contribution in [-0.2, 0) is 4.79 Å². The van der Waals surface area contributed by atoms with Gasteiger partial charge in [0.05, 0.1) is 0 Å². The Morgan fingerprint density at radius 2 is 0.964 bits per heavy atom. The molecule has 0 saturated heterocycles. The van der Waals surface area contributed by atoms with Crippen molar-refractivity contribution in [1.29, 1.82) is 0 Å². The summed E-state index contributed by atoms with van der Waals surface area (Å²) < 4.78 is 0. The van der Waals surface area contributed by atoms with Crippen LogP contribution >= 0.6 is 0 Å². The summed E-state index contributed by atoms with van der Waals surface area (Å²) in [7, 11) is 0. The highest BCUT2D eigenvalue weighted by Crippen LogP contribution is 2.62. The summed E-state index contributed by atoms with van der Waals surface area (Å²) >= 11 is 0. The van der Waals surface area contributed by atoms with Crippen molar-refractivity contribution < 1.29 is 4.79 Å². The molecule has 0 aromatic heterocycles. The molecule has 0 aliphatic heterocycles. The standard InChI is InChI=1S/C26H41NO/c1-17(2)24(28)27(15-25-9-18-3-19(10-25)5-20(4-18)11-25)16-26-12-21-6-22(13-26)8-23(7-21)14-26/h17-23H,3-16H2,1-2H3. The van der Waals surface area contributed by atoms with Crippen LogP contribution in [0.15, 0.2) is 0 Å². The van der Waals surface area contributed by atoms with Crippen LogP contribution in [0.3, 0.4) is 0 Å². The third-order valence-electron chi connectivity index (χ3n) is 10.2. The lowest BCUT2D eigenvalue weighted by molar-refractivity contribution is -0.148. The van der Waals surface area contributed by atoms with Gasteiger partial charge in [-0.05, 0) is 123 Å². The van der Waals surface area contributed by atoms with E-state index in [1.54, 1.807) is 0 Å². The first-order valence-corrected chi connectivity index (χ1v) is 12.7. The van der Waals surface area contributed by atoms with E-state index in [9.17, 15) is 4.79 Å². The topological polar surface area (TPSA) is 20.3 Å². The summed E-state index contributed by atoms with van der Waals surface area (Å²) in [4.78, 5) is 15.9. The summed E-state index contributed by atoms with van der Waals surface area (Å²) in [6.07, 6.45) is 17.6. The molecule has 0 unspecified atom stereocenters. The molecular weight excluding hydrogens is 342 g/mol. The number of carbonyl (C=O) groups excluding carboxylic acids is 1. The average molecular weight is 384 g/mol. The van der Waals surface area contributed by atoms with Crippen molar-refractivity contribution in [2.24, 2.45) is 52.3 Å². The van der Waals surface area contributed by atoms with Gasteiger partial charge in [-0.3, -0.25) is 4.79 Å². The summed E-state index contributed by atoms with van der Waals surface area (Å²) in [6.45, 7) is 6.48. The Balaban J connectivity index is 1.25. The lowest BCUT2D eigenvalue weighted by Crippen LogP contribution is -2.57. The van der Waals surface area contributed by atoms with Crippen LogP contribution in [-0.4, -0.2) is 23.9 Å². The number of amides is 1. The number of hydrogen-bond acceptors (Lipinski definition) is 1. The van der Waals surface area contributed by atoms with E-state index in [-0.39, 0.29) is 5.92 Å². The molecule has 8 bridgehead atoms. The molecule has 8 fully saturated rings. The molecule has 0 radical (unpaired) electrons. The van der Waals surface area contributed by atoms with Crippen LogP contribution in [0.25, 0.3) is 0 Å². The predicted molar refractivity (Wildman–Crippen MR) is 113 cm³/mol. The van der Waals surface area contributed by atoms with Crippen molar-refractivity contribution in [1.82, 2.24) is 4.90 Å². The fourth-order valence-corrected chi connectivity index (χ4v) is 10.4. The summed E-state index contributed by atoms with van der Waals surface area (Å²) in [6, 6.07) is 0. The zero-order valence-corrected chi connectivity index (χ0v) is 18.3. The fourth-order valence-electron chi connectivity index (χ4n) is 10.4. The second-order valence-electron chi connectivity index (χ2n) is 13.2. The number of carbonyl (C=O) groups is 1. The Kier molecular flexibility index (Phi) is 4.07. The smallest absolute Gasteiger partial charge is 0.225 e. The van der Waals surface area contributed by atoms with Crippen LogP contribution < -0.4 is 0 Å². The average Bonchev–Trinajstić information content (AvgIpc) is 2.57. The number of nitrogens with zero attached hydrogens (tertiary/aromatic N) is 1. The highest BCUT2D eigenvalue weighted by Gasteiger charge is 2.54. The minimum absolute atomic E-state index is 0.155. The highest BCUT2D eigenvalue weighted by molar-refractivity contribution is 5.78. The van der Waals surface area contributed by atoms with Crippen LogP contribution in [0, 0.1) is 52.3 Å². The molecule has 8 aliphatic rings. The lowest BCUT2D eigenvalue weighted by Gasteiger charge is -2.60. The monoisotopic (exact) mass is 383 g/mol. The predicted octanol–water partition coefficient (Wildman–Crippen LogP) is 5.90. The molecule has 28 heavy (non-hydrogen) atoms. The van der Waals surface area contributed by atoms with E-state index in [0.29, 0.717) is 16.7 Å². The van der Waals surface area contributed by atoms with Gasteiger partial charge < -0.3 is 4.90 Å². The Morgan fingerprint density at radius 1 is 0.679 bits per heavy atom. The molecule has 8 saturated carbocycles. The fraction of sp³-hybridized carbons (Fsp3) is 0.962. The Bertz CT molecular complexity index is 532. The Morgan fingerprint density at radius 3 is 1.21 bits per heavy atom. The van der Waals surface area contributed by atoms with Crippen LogP contribution in [0.2, 0.25) is 0 Å². The van der Waals surface area contributed by atoms with E-state index in [1.165, 1.54) is 77.0 Å². The van der Waals surface area contributed by atoms with Gasteiger partial charge in [0.2, 0.25) is 5.91 Å². The number of hydrogen-bond donors (Lipinski definition) is 0. The van der Waals surface area contributed by atoms with Gasteiger partial charge in [0, 0.05) is 19.0 Å². The van der Waals surface area contributed by atoms with Crippen molar-refractivity contribution >= 4 is 5.91 Å². The van der Waals surface area contributed by atoms with Gasteiger partial charge in [0.1, 0.15) is 0 Å². The maximum absolute atomic E-state index is 13.4. The summed E-state index contributed by atoms with van der Waals surface area (Å²) in [5, 5.41) is 0. The van der Waals surface area contributed by atoms with Crippen LogP contribution in [0.4, 0.5) is 0 Å². The van der Waals surface area contributed by atoms with E-state index < -0.39 is 0 Å².